The molecule has 0 aliphatic carbocycles. The van der Waals surface area contributed by atoms with Crippen molar-refractivity contribution >= 4 is 35.0 Å². The number of carboxylic acids is 1. The van der Waals surface area contributed by atoms with Crippen LogP contribution < -0.4 is 10.1 Å². The Bertz CT molecular complexity index is 1170. The molecule has 2 aromatic carbocycles. The van der Waals surface area contributed by atoms with Crippen molar-refractivity contribution in [2.24, 2.45) is 0 Å². The summed E-state index contributed by atoms with van der Waals surface area (Å²) in [6, 6.07) is 8.47. The number of halogens is 4. The van der Waals surface area contributed by atoms with E-state index in [4.69, 9.17) is 27.9 Å². The van der Waals surface area contributed by atoms with Gasteiger partial charge in [0.2, 0.25) is 5.95 Å². The number of rotatable bonds is 8. The van der Waals surface area contributed by atoms with Crippen LogP contribution in [0.1, 0.15) is 30.9 Å². The molecule has 1 atom stereocenters. The van der Waals surface area contributed by atoms with Crippen LogP contribution >= 0.6 is 23.2 Å². The molecule has 0 saturated heterocycles. The van der Waals surface area contributed by atoms with E-state index < -0.39 is 28.8 Å². The number of carbonyl (C=O) groups is 1. The fraction of sp³-hybridized carbons (Fsp3) is 0.217. The molecule has 0 aliphatic heterocycles. The molecule has 0 amide bonds. The van der Waals surface area contributed by atoms with Crippen LogP contribution in [0.15, 0.2) is 42.5 Å². The van der Waals surface area contributed by atoms with Crippen LogP contribution in [0.25, 0.3) is 0 Å². The van der Waals surface area contributed by atoms with Gasteiger partial charge in [0.1, 0.15) is 33.4 Å². The summed E-state index contributed by atoms with van der Waals surface area (Å²) in [7, 11) is 0. The molecule has 1 unspecified atom stereocenters. The van der Waals surface area contributed by atoms with Crippen molar-refractivity contribution in [2.45, 2.75) is 32.2 Å². The maximum atomic E-state index is 14.5. The van der Waals surface area contributed by atoms with Crippen LogP contribution in [0.2, 0.25) is 10.0 Å². The van der Waals surface area contributed by atoms with E-state index in [0.717, 1.165) is 0 Å². The van der Waals surface area contributed by atoms with Crippen LogP contribution in [0.4, 0.5) is 14.6 Å². The lowest BCUT2D eigenvalue weighted by Gasteiger charge is -2.19. The number of phenolic OH excluding ortho intramolecular Hbond substituents is 1. The summed E-state index contributed by atoms with van der Waals surface area (Å²) in [6.45, 7) is 3.75. The smallest absolute Gasteiger partial charge is 0.326 e. The summed E-state index contributed by atoms with van der Waals surface area (Å²) in [4.78, 5) is 15.4. The first-order valence-corrected chi connectivity index (χ1v) is 10.6. The Morgan fingerprint density at radius 3 is 2.39 bits per heavy atom. The first-order valence-electron chi connectivity index (χ1n) is 9.85. The van der Waals surface area contributed by atoms with Gasteiger partial charge in [-0.25, -0.2) is 9.18 Å². The van der Waals surface area contributed by atoms with Gasteiger partial charge >= 0.3 is 5.97 Å². The zero-order valence-electron chi connectivity index (χ0n) is 17.6. The lowest BCUT2D eigenvalue weighted by atomic mass is 10.0. The topological polar surface area (TPSA) is 91.7 Å². The number of phenols is 1. The van der Waals surface area contributed by atoms with Crippen LogP contribution in [-0.4, -0.2) is 27.2 Å². The number of aromatic hydroxyl groups is 1. The molecule has 1 heterocycles. The molecule has 0 fully saturated rings. The second kappa shape index (κ2) is 10.2. The second-order valence-corrected chi connectivity index (χ2v) is 8.31. The molecule has 10 heteroatoms. The maximum absolute atomic E-state index is 14.5. The first-order chi connectivity index (χ1) is 15.6. The number of hydrogen-bond donors (Lipinski definition) is 3. The Labute approximate surface area is 198 Å². The molecule has 1 aromatic heterocycles. The number of carboxylic acid groups (broad SMARTS) is 1. The lowest BCUT2D eigenvalue weighted by molar-refractivity contribution is -0.137. The number of benzene rings is 2. The summed E-state index contributed by atoms with van der Waals surface area (Å²) >= 11 is 12.4. The largest absolute Gasteiger partial charge is 0.508 e. The van der Waals surface area contributed by atoms with Crippen molar-refractivity contribution in [2.75, 3.05) is 5.32 Å². The number of anilines is 1. The van der Waals surface area contributed by atoms with Gasteiger partial charge < -0.3 is 20.3 Å². The van der Waals surface area contributed by atoms with Crippen molar-refractivity contribution < 1.29 is 28.5 Å². The van der Waals surface area contributed by atoms with Gasteiger partial charge in [-0.2, -0.15) is 9.37 Å². The van der Waals surface area contributed by atoms with E-state index in [1.807, 2.05) is 13.8 Å². The number of aliphatic carboxylic acids is 1. The van der Waals surface area contributed by atoms with Crippen LogP contribution in [-0.2, 0) is 11.2 Å². The SMILES string of the molecule is CC(C)c1cc(Oc2c(Cl)c(F)nc(NC(Cc3ccc(F)cc3)C(=O)O)c2Cl)ccc1O. The van der Waals surface area contributed by atoms with Gasteiger partial charge in [0.25, 0.3) is 0 Å². The zero-order chi connectivity index (χ0) is 24.3. The first kappa shape index (κ1) is 24.5. The van der Waals surface area contributed by atoms with Gasteiger partial charge in [-0.15, -0.1) is 0 Å². The number of hydrogen-bond acceptors (Lipinski definition) is 5. The molecule has 174 valence electrons. The Kier molecular flexibility index (Phi) is 7.61. The Balaban J connectivity index is 1.93. The van der Waals surface area contributed by atoms with Gasteiger partial charge in [-0.1, -0.05) is 49.2 Å². The molecule has 0 saturated carbocycles. The van der Waals surface area contributed by atoms with Crippen molar-refractivity contribution in [3.63, 3.8) is 0 Å². The Morgan fingerprint density at radius 2 is 1.79 bits per heavy atom. The Morgan fingerprint density at radius 1 is 1.12 bits per heavy atom. The highest BCUT2D eigenvalue weighted by Crippen LogP contribution is 2.42. The van der Waals surface area contributed by atoms with E-state index in [0.29, 0.717) is 11.1 Å². The van der Waals surface area contributed by atoms with Crippen molar-refractivity contribution in [1.29, 1.82) is 0 Å². The average molecular weight is 497 g/mol. The van der Waals surface area contributed by atoms with E-state index in [2.05, 4.69) is 10.3 Å². The van der Waals surface area contributed by atoms with Gasteiger partial charge in [0.15, 0.2) is 11.6 Å². The van der Waals surface area contributed by atoms with E-state index in [1.54, 1.807) is 6.07 Å². The van der Waals surface area contributed by atoms with Gasteiger partial charge in [0.05, 0.1) is 0 Å². The monoisotopic (exact) mass is 496 g/mol. The number of pyridine rings is 1. The predicted octanol–water partition coefficient (Wildman–Crippen LogP) is 6.40. The fourth-order valence-corrected chi connectivity index (χ4v) is 3.53. The zero-order valence-corrected chi connectivity index (χ0v) is 19.1. The molecule has 0 aliphatic rings. The molecular weight excluding hydrogens is 477 g/mol. The quantitative estimate of drug-likeness (QED) is 0.312. The molecule has 3 N–H and O–H groups in total. The van der Waals surface area contributed by atoms with Crippen LogP contribution in [0.5, 0.6) is 17.2 Å². The number of nitrogens with one attached hydrogen (secondary N) is 1. The van der Waals surface area contributed by atoms with Gasteiger partial charge in [-0.05, 0) is 41.8 Å². The molecule has 3 rings (SSSR count). The highest BCUT2D eigenvalue weighted by molar-refractivity contribution is 6.38. The molecule has 3 aromatic rings. The molecular formula is C23H20Cl2F2N2O4. The summed E-state index contributed by atoms with van der Waals surface area (Å²) in [5.74, 6) is -3.10. The predicted molar refractivity (Wildman–Crippen MR) is 122 cm³/mol. The minimum atomic E-state index is -1.25. The van der Waals surface area contributed by atoms with E-state index in [1.165, 1.54) is 36.4 Å². The van der Waals surface area contributed by atoms with E-state index in [9.17, 15) is 23.8 Å². The van der Waals surface area contributed by atoms with Crippen LogP contribution in [0, 0.1) is 11.8 Å². The Hall–Kier alpha value is -3.10. The van der Waals surface area contributed by atoms with Gasteiger partial charge in [-0.3, -0.25) is 0 Å². The number of aromatic nitrogens is 1. The minimum absolute atomic E-state index is 0.0197. The van der Waals surface area contributed by atoms with E-state index >= 15 is 0 Å². The molecule has 0 radical (unpaired) electrons. The number of nitrogens with zero attached hydrogens (tertiary/aromatic N) is 1. The third-order valence-corrected chi connectivity index (χ3v) is 5.48. The molecule has 0 spiro atoms. The van der Waals surface area contributed by atoms with Crippen molar-refractivity contribution in [3.05, 3.63) is 75.4 Å². The molecule has 33 heavy (non-hydrogen) atoms. The number of ether oxygens (including phenoxy) is 1. The average Bonchev–Trinajstić information content (AvgIpc) is 2.76. The third kappa shape index (κ3) is 5.83. The summed E-state index contributed by atoms with van der Waals surface area (Å²) in [5.41, 5.74) is 1.13. The summed E-state index contributed by atoms with van der Waals surface area (Å²) in [5, 5.41) is 21.5. The minimum Gasteiger partial charge on any atom is -0.508 e. The highest BCUT2D eigenvalue weighted by atomic mass is 35.5. The normalized spacial score (nSPS) is 12.0. The van der Waals surface area contributed by atoms with Crippen molar-refractivity contribution in [1.82, 2.24) is 4.98 Å². The van der Waals surface area contributed by atoms with Crippen LogP contribution in [0.3, 0.4) is 0 Å². The fourth-order valence-electron chi connectivity index (χ4n) is 3.08. The second-order valence-electron chi connectivity index (χ2n) is 7.55. The van der Waals surface area contributed by atoms with Crippen molar-refractivity contribution in [3.8, 4) is 17.2 Å². The van der Waals surface area contributed by atoms with Gasteiger partial charge in [0, 0.05) is 12.0 Å². The standard InChI is InChI=1S/C23H20Cl2F2N2O4/c1-11(2)15-10-14(7-8-17(15)30)33-20-18(24)21(27)29-22(19(20)25)28-16(23(31)32)9-12-3-5-13(26)6-4-12/h3-8,10-11,16,30H,9H2,1-2H3,(H,28,29)(H,31,32). The maximum Gasteiger partial charge on any atom is 0.326 e. The molecule has 0 bridgehead atoms. The summed E-state index contributed by atoms with van der Waals surface area (Å²) in [6.07, 6.45) is -0.0518. The lowest BCUT2D eigenvalue weighted by Crippen LogP contribution is -2.32. The molecule has 6 nitrogen and oxygen atoms in total. The van der Waals surface area contributed by atoms with E-state index in [-0.39, 0.29) is 40.4 Å². The third-order valence-electron chi connectivity index (χ3n) is 4.80. The highest BCUT2D eigenvalue weighted by Gasteiger charge is 2.25. The summed E-state index contributed by atoms with van der Waals surface area (Å²) < 4.78 is 33.3.